The molecule has 0 aromatic heterocycles. The van der Waals surface area contributed by atoms with Crippen molar-refractivity contribution in [3.05, 3.63) is 0 Å². The van der Waals surface area contributed by atoms with Crippen LogP contribution in [-0.4, -0.2) is 40.2 Å². The lowest BCUT2D eigenvalue weighted by molar-refractivity contribution is 0.0446. The van der Waals surface area contributed by atoms with Crippen LogP contribution in [0.2, 0.25) is 0 Å². The summed E-state index contributed by atoms with van der Waals surface area (Å²) >= 11 is 4.85. The van der Waals surface area contributed by atoms with Gasteiger partial charge < -0.3 is 15.7 Å². The molecule has 1 atom stereocenters. The molecule has 1 unspecified atom stereocenters. The highest BCUT2D eigenvalue weighted by molar-refractivity contribution is 7.80. The van der Waals surface area contributed by atoms with Gasteiger partial charge in [0.1, 0.15) is 0 Å². The summed E-state index contributed by atoms with van der Waals surface area (Å²) in [5.74, 6) is 0. The fourth-order valence-corrected chi connectivity index (χ4v) is 2.32. The summed E-state index contributed by atoms with van der Waals surface area (Å²) in [5.41, 5.74) is 5.01. The van der Waals surface area contributed by atoms with Crippen molar-refractivity contribution in [2.45, 2.75) is 51.0 Å². The molecule has 0 radical (unpaired) electrons. The van der Waals surface area contributed by atoms with E-state index in [-0.39, 0.29) is 0 Å². The summed E-state index contributed by atoms with van der Waals surface area (Å²) in [6.45, 7) is 5.19. The first-order valence-corrected chi connectivity index (χ1v) is 6.63. The molecule has 4 heteroatoms. The van der Waals surface area contributed by atoms with Crippen LogP contribution in [0.3, 0.4) is 0 Å². The average molecular weight is 244 g/mol. The van der Waals surface area contributed by atoms with Crippen molar-refractivity contribution in [2.24, 2.45) is 5.73 Å². The SMILES string of the molecule is CC1(O)CCCN(CCCCC(N)=S)CC1. The molecule has 0 aliphatic carbocycles. The van der Waals surface area contributed by atoms with Crippen LogP contribution in [0.1, 0.15) is 45.4 Å². The smallest absolute Gasteiger partial charge is 0.0727 e. The maximum Gasteiger partial charge on any atom is 0.0727 e. The van der Waals surface area contributed by atoms with Crippen LogP contribution in [0, 0.1) is 0 Å². The second-order valence-corrected chi connectivity index (χ2v) is 5.64. The lowest BCUT2D eigenvalue weighted by atomic mass is 9.98. The van der Waals surface area contributed by atoms with Gasteiger partial charge >= 0.3 is 0 Å². The Morgan fingerprint density at radius 2 is 2.12 bits per heavy atom. The number of thiocarbonyl (C=S) groups is 1. The summed E-state index contributed by atoms with van der Waals surface area (Å²) in [4.78, 5) is 3.07. The van der Waals surface area contributed by atoms with Gasteiger partial charge in [-0.25, -0.2) is 0 Å². The van der Waals surface area contributed by atoms with Crippen LogP contribution in [0.4, 0.5) is 0 Å². The number of likely N-dealkylation sites (tertiary alicyclic amines) is 1. The molecule has 1 heterocycles. The predicted molar refractivity (Wildman–Crippen MR) is 71.6 cm³/mol. The fourth-order valence-electron chi connectivity index (χ4n) is 2.18. The zero-order valence-electron chi connectivity index (χ0n) is 10.2. The number of aliphatic hydroxyl groups is 1. The van der Waals surface area contributed by atoms with Gasteiger partial charge in [-0.1, -0.05) is 12.2 Å². The van der Waals surface area contributed by atoms with E-state index in [4.69, 9.17) is 18.0 Å². The molecule has 16 heavy (non-hydrogen) atoms. The molecule has 0 aromatic carbocycles. The molecule has 0 aromatic rings. The highest BCUT2D eigenvalue weighted by atomic mass is 32.1. The Labute approximate surface area is 104 Å². The maximum absolute atomic E-state index is 9.96. The molecule has 0 amide bonds. The van der Waals surface area contributed by atoms with Crippen LogP contribution >= 0.6 is 12.2 Å². The fraction of sp³-hybridized carbons (Fsp3) is 0.917. The van der Waals surface area contributed by atoms with Crippen molar-refractivity contribution in [1.29, 1.82) is 0 Å². The van der Waals surface area contributed by atoms with Crippen molar-refractivity contribution in [1.82, 2.24) is 4.90 Å². The number of nitrogens with zero attached hydrogens (tertiary/aromatic N) is 1. The Kier molecular flexibility index (Phi) is 5.66. The van der Waals surface area contributed by atoms with E-state index < -0.39 is 5.60 Å². The Balaban J connectivity index is 2.15. The van der Waals surface area contributed by atoms with Crippen LogP contribution in [0.15, 0.2) is 0 Å². The molecule has 0 spiro atoms. The van der Waals surface area contributed by atoms with Crippen LogP contribution in [0.25, 0.3) is 0 Å². The summed E-state index contributed by atoms with van der Waals surface area (Å²) in [6.07, 6.45) is 6.02. The first kappa shape index (κ1) is 13.9. The highest BCUT2D eigenvalue weighted by Gasteiger charge is 2.24. The predicted octanol–water partition coefficient (Wildman–Crippen LogP) is 1.68. The first-order chi connectivity index (χ1) is 7.49. The van der Waals surface area contributed by atoms with E-state index in [1.165, 1.54) is 0 Å². The minimum Gasteiger partial charge on any atom is -0.393 e. The average Bonchev–Trinajstić information content (AvgIpc) is 2.34. The molecular weight excluding hydrogens is 220 g/mol. The molecule has 1 saturated heterocycles. The van der Waals surface area contributed by atoms with Crippen molar-refractivity contribution in [2.75, 3.05) is 19.6 Å². The number of rotatable bonds is 5. The van der Waals surface area contributed by atoms with E-state index in [0.717, 1.165) is 58.2 Å². The Morgan fingerprint density at radius 3 is 2.81 bits per heavy atom. The molecule has 3 N–H and O–H groups in total. The van der Waals surface area contributed by atoms with Crippen molar-refractivity contribution >= 4 is 17.2 Å². The zero-order valence-corrected chi connectivity index (χ0v) is 11.1. The van der Waals surface area contributed by atoms with E-state index in [2.05, 4.69) is 4.90 Å². The Bertz CT molecular complexity index is 231. The van der Waals surface area contributed by atoms with E-state index >= 15 is 0 Å². The van der Waals surface area contributed by atoms with Crippen molar-refractivity contribution in [3.8, 4) is 0 Å². The van der Waals surface area contributed by atoms with E-state index in [9.17, 15) is 5.11 Å². The maximum atomic E-state index is 9.96. The van der Waals surface area contributed by atoms with E-state index in [1.807, 2.05) is 6.92 Å². The molecule has 94 valence electrons. The summed E-state index contributed by atoms with van der Waals surface area (Å²) in [5, 5.41) is 9.96. The number of nitrogens with two attached hydrogens (primary N) is 1. The van der Waals surface area contributed by atoms with Crippen molar-refractivity contribution in [3.63, 3.8) is 0 Å². The quantitative estimate of drug-likeness (QED) is 0.571. The topological polar surface area (TPSA) is 49.5 Å². The third-order valence-corrected chi connectivity index (χ3v) is 3.51. The minimum atomic E-state index is -0.451. The lowest BCUT2D eigenvalue weighted by Gasteiger charge is -2.22. The summed E-state index contributed by atoms with van der Waals surface area (Å²) in [7, 11) is 0. The molecule has 1 fully saturated rings. The van der Waals surface area contributed by atoms with Gasteiger partial charge in [0, 0.05) is 6.54 Å². The Hall–Kier alpha value is -0.190. The normalized spacial score (nSPS) is 27.6. The zero-order chi connectivity index (χ0) is 12.0. The molecule has 0 bridgehead atoms. The molecule has 1 aliphatic rings. The van der Waals surface area contributed by atoms with E-state index in [0.29, 0.717) is 4.99 Å². The second-order valence-electron chi connectivity index (χ2n) is 5.12. The van der Waals surface area contributed by atoms with Gasteiger partial charge in [-0.05, 0) is 58.5 Å². The molecule has 0 saturated carbocycles. The van der Waals surface area contributed by atoms with Crippen LogP contribution in [-0.2, 0) is 0 Å². The van der Waals surface area contributed by atoms with E-state index in [1.54, 1.807) is 0 Å². The largest absolute Gasteiger partial charge is 0.393 e. The molecule has 1 aliphatic heterocycles. The Morgan fingerprint density at radius 1 is 1.38 bits per heavy atom. The first-order valence-electron chi connectivity index (χ1n) is 6.23. The molecule has 3 nitrogen and oxygen atoms in total. The molecule has 1 rings (SSSR count). The minimum absolute atomic E-state index is 0.451. The van der Waals surface area contributed by atoms with Gasteiger partial charge in [-0.15, -0.1) is 0 Å². The number of unbranched alkanes of at least 4 members (excludes halogenated alkanes) is 1. The summed E-state index contributed by atoms with van der Waals surface area (Å²) < 4.78 is 0. The van der Waals surface area contributed by atoms with Gasteiger partial charge in [-0.3, -0.25) is 0 Å². The van der Waals surface area contributed by atoms with Gasteiger partial charge in [0.15, 0.2) is 0 Å². The van der Waals surface area contributed by atoms with Gasteiger partial charge in [-0.2, -0.15) is 0 Å². The third-order valence-electron chi connectivity index (χ3n) is 3.30. The molecular formula is C12H24N2OS. The number of hydrogen-bond acceptors (Lipinski definition) is 3. The summed E-state index contributed by atoms with van der Waals surface area (Å²) in [6, 6.07) is 0. The highest BCUT2D eigenvalue weighted by Crippen LogP contribution is 2.21. The standard InChI is InChI=1S/C12H24N2OS/c1-12(15)6-4-9-14(10-7-12)8-3-2-5-11(13)16/h15H,2-10H2,1H3,(H2,13,16). The number of hydrogen-bond donors (Lipinski definition) is 2. The monoisotopic (exact) mass is 244 g/mol. The van der Waals surface area contributed by atoms with Gasteiger partial charge in [0.2, 0.25) is 0 Å². The second kappa shape index (κ2) is 6.52. The van der Waals surface area contributed by atoms with Crippen molar-refractivity contribution < 1.29 is 5.11 Å². The van der Waals surface area contributed by atoms with Crippen LogP contribution in [0.5, 0.6) is 0 Å². The lowest BCUT2D eigenvalue weighted by Crippen LogP contribution is -2.29. The third kappa shape index (κ3) is 5.77. The van der Waals surface area contributed by atoms with Gasteiger partial charge in [0.05, 0.1) is 10.6 Å². The van der Waals surface area contributed by atoms with Gasteiger partial charge in [0.25, 0.3) is 0 Å². The van der Waals surface area contributed by atoms with Crippen LogP contribution < -0.4 is 5.73 Å².